The monoisotopic (exact) mass is 340 g/mol. The Labute approximate surface area is 103 Å². The molecule has 1 rings (SSSR count). The normalized spacial score (nSPS) is 10.3. The number of hydrogen-bond donors (Lipinski definition) is 1. The van der Waals surface area contributed by atoms with Crippen LogP contribution >= 0.6 is 22.6 Å². The summed E-state index contributed by atoms with van der Waals surface area (Å²) in [5, 5.41) is 0. The summed E-state index contributed by atoms with van der Waals surface area (Å²) in [5.41, 5.74) is 1.12. The van der Waals surface area contributed by atoms with Gasteiger partial charge in [-0.25, -0.2) is 13.2 Å². The molecule has 0 saturated carbocycles. The van der Waals surface area contributed by atoms with Gasteiger partial charge in [0.2, 0.25) is 0 Å². The van der Waals surface area contributed by atoms with Gasteiger partial charge in [0.1, 0.15) is 10.7 Å². The summed E-state index contributed by atoms with van der Waals surface area (Å²) in [7, 11) is -1.13. The molecule has 0 radical (unpaired) electrons. The van der Waals surface area contributed by atoms with E-state index in [1.807, 2.05) is 22.6 Å². The van der Waals surface area contributed by atoms with Crippen molar-refractivity contribution in [3.8, 4) is 0 Å². The Bertz CT molecular complexity index is 445. The predicted molar refractivity (Wildman–Crippen MR) is 64.5 cm³/mol. The van der Waals surface area contributed by atoms with Crippen molar-refractivity contribution in [1.82, 2.24) is 0 Å². The smallest absolute Gasteiger partial charge is 0.338 e. The molecule has 0 unspecified atom stereocenters. The predicted octanol–water partition coefficient (Wildman–Crippen LogP) is 1.19. The van der Waals surface area contributed by atoms with Gasteiger partial charge in [-0.1, -0.05) is 6.07 Å². The summed E-state index contributed by atoms with van der Waals surface area (Å²) in [6.07, 6.45) is 0. The second-order valence-electron chi connectivity index (χ2n) is 2.80. The fourth-order valence-corrected chi connectivity index (χ4v) is 2.38. The van der Waals surface area contributed by atoms with E-state index in [-0.39, 0.29) is 5.75 Å². The molecule has 0 bridgehead atoms. The molecule has 0 saturated heterocycles. The van der Waals surface area contributed by atoms with Crippen molar-refractivity contribution in [1.29, 1.82) is 0 Å². The fraction of sp³-hybridized carbons (Fsp3) is 0.222. The summed E-state index contributed by atoms with van der Waals surface area (Å²) in [6.45, 7) is 0. The molecule has 0 N–H and O–H groups in total. The van der Waals surface area contributed by atoms with Gasteiger partial charge in [0, 0.05) is 3.57 Å². The Morgan fingerprint density at radius 3 is 2.60 bits per heavy atom. The van der Waals surface area contributed by atoms with Gasteiger partial charge in [-0.15, -0.1) is 0 Å². The molecule has 82 valence electrons. The number of rotatable bonds is 3. The minimum Gasteiger partial charge on any atom is -0.465 e. The van der Waals surface area contributed by atoms with Crippen LogP contribution in [0.1, 0.15) is 15.9 Å². The first-order chi connectivity index (χ1) is 7.04. The maximum Gasteiger partial charge on any atom is 0.338 e. The summed E-state index contributed by atoms with van der Waals surface area (Å²) >= 11 is 1.97. The van der Waals surface area contributed by atoms with Gasteiger partial charge in [-0.3, -0.25) is 0 Å². The Balaban J connectivity index is 3.02. The molecule has 1 aromatic rings. The Morgan fingerprint density at radius 2 is 2.13 bits per heavy atom. The van der Waals surface area contributed by atoms with Gasteiger partial charge in [0.05, 0.1) is 18.4 Å². The van der Waals surface area contributed by atoms with Crippen LogP contribution in [-0.4, -0.2) is 21.5 Å². The first kappa shape index (κ1) is 12.4. The average Bonchev–Trinajstić information content (AvgIpc) is 2.16. The van der Waals surface area contributed by atoms with Crippen LogP contribution in [0.2, 0.25) is 0 Å². The van der Waals surface area contributed by atoms with Gasteiger partial charge in [-0.2, -0.15) is 0 Å². The molecule has 15 heavy (non-hydrogen) atoms. The lowest BCUT2D eigenvalue weighted by Gasteiger charge is -2.03. The van der Waals surface area contributed by atoms with E-state index in [1.54, 1.807) is 18.2 Å². The molecular weight excluding hydrogens is 331 g/mol. The molecule has 0 aliphatic rings. The van der Waals surface area contributed by atoms with Crippen LogP contribution in [-0.2, 0) is 21.2 Å². The molecule has 0 amide bonds. The summed E-state index contributed by atoms with van der Waals surface area (Å²) in [4.78, 5) is 11.2. The van der Waals surface area contributed by atoms with E-state index in [2.05, 4.69) is 4.74 Å². The lowest BCUT2D eigenvalue weighted by molar-refractivity contribution is 0.0599. The zero-order valence-corrected chi connectivity index (χ0v) is 10.9. The minimum absolute atomic E-state index is 0.00716. The Hall–Kier alpha value is -0.630. The summed E-state index contributed by atoms with van der Waals surface area (Å²) < 4.78 is 26.3. The SMILES string of the molecule is COC(=O)c1ccc(C[SH](=O)=O)cc1I. The lowest BCUT2D eigenvalue weighted by atomic mass is 10.1. The zero-order valence-electron chi connectivity index (χ0n) is 7.90. The average molecular weight is 340 g/mol. The van der Waals surface area contributed by atoms with Gasteiger partial charge in [-0.05, 0) is 40.3 Å². The quantitative estimate of drug-likeness (QED) is 0.510. The van der Waals surface area contributed by atoms with Gasteiger partial charge < -0.3 is 4.74 Å². The molecule has 0 heterocycles. The number of benzene rings is 1. The highest BCUT2D eigenvalue weighted by Gasteiger charge is 2.10. The van der Waals surface area contributed by atoms with E-state index in [1.165, 1.54) is 7.11 Å². The number of carbonyl (C=O) groups is 1. The van der Waals surface area contributed by atoms with E-state index in [0.29, 0.717) is 14.7 Å². The molecule has 4 nitrogen and oxygen atoms in total. The maximum atomic E-state index is 11.2. The molecule has 0 atom stereocenters. The molecule has 6 heteroatoms. The third-order valence-corrected chi connectivity index (χ3v) is 3.27. The molecule has 0 spiro atoms. The number of methoxy groups -OCH3 is 1. The fourth-order valence-electron chi connectivity index (χ4n) is 1.08. The standard InChI is InChI=1S/C9H9IO4S/c1-14-9(11)7-3-2-6(4-8(7)10)5-15(12)13/h2-4,15H,5H2,1H3. The minimum atomic E-state index is -2.44. The largest absolute Gasteiger partial charge is 0.465 e. The van der Waals surface area contributed by atoms with Crippen LogP contribution in [0, 0.1) is 3.57 Å². The van der Waals surface area contributed by atoms with Crippen LogP contribution in [0.5, 0.6) is 0 Å². The zero-order chi connectivity index (χ0) is 11.4. The molecule has 0 aromatic heterocycles. The lowest BCUT2D eigenvalue weighted by Crippen LogP contribution is -2.04. The number of halogens is 1. The molecule has 0 fully saturated rings. The van der Waals surface area contributed by atoms with Crippen LogP contribution < -0.4 is 0 Å². The van der Waals surface area contributed by atoms with E-state index in [0.717, 1.165) is 0 Å². The Morgan fingerprint density at radius 1 is 1.47 bits per heavy atom. The van der Waals surface area contributed by atoms with Crippen LogP contribution in [0.15, 0.2) is 18.2 Å². The molecular formula is C9H9IO4S. The van der Waals surface area contributed by atoms with Gasteiger partial charge in [0.15, 0.2) is 0 Å². The number of hydrogen-bond acceptors (Lipinski definition) is 4. The third-order valence-electron chi connectivity index (χ3n) is 1.75. The Kier molecular flexibility index (Phi) is 4.52. The van der Waals surface area contributed by atoms with Crippen LogP contribution in [0.4, 0.5) is 0 Å². The second kappa shape index (κ2) is 5.45. The van der Waals surface area contributed by atoms with Crippen molar-refractivity contribution < 1.29 is 17.9 Å². The number of esters is 1. The summed E-state index contributed by atoms with van der Waals surface area (Å²) in [6, 6.07) is 4.85. The van der Waals surface area contributed by atoms with Crippen LogP contribution in [0.3, 0.4) is 0 Å². The van der Waals surface area contributed by atoms with Crippen LogP contribution in [0.25, 0.3) is 0 Å². The topological polar surface area (TPSA) is 60.4 Å². The van der Waals surface area contributed by atoms with E-state index in [4.69, 9.17) is 0 Å². The van der Waals surface area contributed by atoms with Crippen molar-refractivity contribution in [2.45, 2.75) is 5.75 Å². The molecule has 0 aliphatic carbocycles. The van der Waals surface area contributed by atoms with Gasteiger partial charge >= 0.3 is 5.97 Å². The molecule has 1 aromatic carbocycles. The van der Waals surface area contributed by atoms with Crippen molar-refractivity contribution in [3.05, 3.63) is 32.9 Å². The van der Waals surface area contributed by atoms with Crippen molar-refractivity contribution in [2.75, 3.05) is 7.11 Å². The van der Waals surface area contributed by atoms with E-state index >= 15 is 0 Å². The number of thiol groups is 1. The van der Waals surface area contributed by atoms with E-state index < -0.39 is 16.7 Å². The van der Waals surface area contributed by atoms with Crippen molar-refractivity contribution in [2.24, 2.45) is 0 Å². The van der Waals surface area contributed by atoms with E-state index in [9.17, 15) is 13.2 Å². The highest BCUT2D eigenvalue weighted by molar-refractivity contribution is 14.1. The van der Waals surface area contributed by atoms with Crippen molar-refractivity contribution in [3.63, 3.8) is 0 Å². The van der Waals surface area contributed by atoms with Gasteiger partial charge in [0.25, 0.3) is 0 Å². The third kappa shape index (κ3) is 3.45. The molecule has 0 aliphatic heterocycles. The number of carbonyl (C=O) groups excluding carboxylic acids is 1. The second-order valence-corrected chi connectivity index (χ2v) is 4.94. The van der Waals surface area contributed by atoms with Crippen molar-refractivity contribution >= 4 is 39.3 Å². The maximum absolute atomic E-state index is 11.2. The summed E-state index contributed by atoms with van der Waals surface area (Å²) in [5.74, 6) is -0.426. The highest BCUT2D eigenvalue weighted by atomic mass is 127. The number of ether oxygens (including phenoxy) is 1. The first-order valence-corrected chi connectivity index (χ1v) is 6.47. The first-order valence-electron chi connectivity index (χ1n) is 4.03. The highest BCUT2D eigenvalue weighted by Crippen LogP contribution is 2.16.